The molecular formula is C19H18N6OS2. The van der Waals surface area contributed by atoms with E-state index in [1.54, 1.807) is 11.3 Å². The molecular weight excluding hydrogens is 392 g/mol. The van der Waals surface area contributed by atoms with Crippen LogP contribution in [0.25, 0.3) is 21.4 Å². The number of hydrogen-bond donors (Lipinski definition) is 1. The van der Waals surface area contributed by atoms with Gasteiger partial charge in [0, 0.05) is 13.0 Å². The number of thiazole rings is 1. The number of rotatable bonds is 7. The predicted molar refractivity (Wildman–Crippen MR) is 113 cm³/mol. The van der Waals surface area contributed by atoms with Crippen molar-refractivity contribution in [3.05, 3.63) is 24.5 Å². The van der Waals surface area contributed by atoms with Crippen LogP contribution in [0, 0.1) is 12.3 Å². The molecule has 28 heavy (non-hydrogen) atoms. The summed E-state index contributed by atoms with van der Waals surface area (Å²) >= 11 is 3.07. The summed E-state index contributed by atoms with van der Waals surface area (Å²) in [5.41, 5.74) is 8.22. The van der Waals surface area contributed by atoms with Gasteiger partial charge in [-0.25, -0.2) is 19.9 Å². The molecule has 2 N–H and O–H groups in total. The van der Waals surface area contributed by atoms with Crippen molar-refractivity contribution >= 4 is 50.3 Å². The Morgan fingerprint density at radius 1 is 1.32 bits per heavy atom. The Labute approximate surface area is 170 Å². The van der Waals surface area contributed by atoms with Crippen molar-refractivity contribution in [1.29, 1.82) is 0 Å². The summed E-state index contributed by atoms with van der Waals surface area (Å²) in [4.78, 5) is 17.8. The van der Waals surface area contributed by atoms with Gasteiger partial charge in [-0.2, -0.15) is 0 Å². The maximum atomic E-state index is 6.00. The van der Waals surface area contributed by atoms with Crippen molar-refractivity contribution < 1.29 is 4.74 Å². The molecule has 0 atom stereocenters. The van der Waals surface area contributed by atoms with Crippen LogP contribution in [0.1, 0.15) is 19.8 Å². The van der Waals surface area contributed by atoms with Gasteiger partial charge >= 0.3 is 0 Å². The number of terminal acetylenes is 1. The van der Waals surface area contributed by atoms with Crippen molar-refractivity contribution in [3.8, 4) is 18.1 Å². The van der Waals surface area contributed by atoms with Gasteiger partial charge in [0.15, 0.2) is 26.5 Å². The molecule has 0 saturated heterocycles. The molecule has 0 aliphatic rings. The first-order valence-electron chi connectivity index (χ1n) is 8.81. The fourth-order valence-electron chi connectivity index (χ4n) is 2.85. The van der Waals surface area contributed by atoms with E-state index in [1.807, 2.05) is 29.7 Å². The number of benzene rings is 1. The predicted octanol–water partition coefficient (Wildman–Crippen LogP) is 3.98. The van der Waals surface area contributed by atoms with E-state index in [0.29, 0.717) is 36.6 Å². The molecule has 0 aliphatic heterocycles. The number of nitrogens with zero attached hydrogens (tertiary/aromatic N) is 5. The molecule has 0 amide bonds. The van der Waals surface area contributed by atoms with Crippen LogP contribution in [0.4, 0.5) is 5.82 Å². The second kappa shape index (κ2) is 8.04. The Balaban J connectivity index is 1.74. The fourth-order valence-corrected chi connectivity index (χ4v) is 4.98. The highest BCUT2D eigenvalue weighted by Gasteiger charge is 2.18. The molecule has 7 nitrogen and oxygen atoms in total. The van der Waals surface area contributed by atoms with Crippen LogP contribution in [0.15, 0.2) is 34.0 Å². The zero-order valence-electron chi connectivity index (χ0n) is 15.3. The SMILES string of the molecule is C#CCCCn1c(Sc2nc3cccc(OCC)c3s2)nc2c(N)ncnc21. The molecule has 0 fully saturated rings. The van der Waals surface area contributed by atoms with Crippen LogP contribution in [0.5, 0.6) is 5.75 Å². The monoisotopic (exact) mass is 410 g/mol. The summed E-state index contributed by atoms with van der Waals surface area (Å²) < 4.78 is 9.66. The lowest BCUT2D eigenvalue weighted by Gasteiger charge is -2.05. The van der Waals surface area contributed by atoms with Gasteiger partial charge in [-0.3, -0.25) is 0 Å². The minimum atomic E-state index is 0.366. The molecule has 0 saturated carbocycles. The van der Waals surface area contributed by atoms with Gasteiger partial charge in [0.2, 0.25) is 0 Å². The van der Waals surface area contributed by atoms with Crippen molar-refractivity contribution in [1.82, 2.24) is 24.5 Å². The summed E-state index contributed by atoms with van der Waals surface area (Å²) in [6.07, 6.45) is 8.37. The first-order valence-corrected chi connectivity index (χ1v) is 10.4. The van der Waals surface area contributed by atoms with E-state index >= 15 is 0 Å². The fraction of sp³-hybridized carbons (Fsp3) is 0.263. The molecule has 1 aromatic carbocycles. The third-order valence-corrected chi connectivity index (χ3v) is 6.21. The van der Waals surface area contributed by atoms with Gasteiger partial charge in [-0.05, 0) is 37.2 Å². The summed E-state index contributed by atoms with van der Waals surface area (Å²) in [7, 11) is 0. The van der Waals surface area contributed by atoms with Crippen LogP contribution < -0.4 is 10.5 Å². The van der Waals surface area contributed by atoms with E-state index in [-0.39, 0.29) is 0 Å². The lowest BCUT2D eigenvalue weighted by Crippen LogP contribution is -2.01. The molecule has 0 bridgehead atoms. The van der Waals surface area contributed by atoms with Crippen molar-refractivity contribution in [2.45, 2.75) is 35.8 Å². The van der Waals surface area contributed by atoms with E-state index in [0.717, 1.165) is 31.9 Å². The quantitative estimate of drug-likeness (QED) is 0.364. The topological polar surface area (TPSA) is 91.7 Å². The summed E-state index contributed by atoms with van der Waals surface area (Å²) in [5, 5.41) is 0.774. The number of aryl methyl sites for hydroxylation is 1. The highest BCUT2D eigenvalue weighted by molar-refractivity contribution is 8.01. The highest BCUT2D eigenvalue weighted by atomic mass is 32.2. The van der Waals surface area contributed by atoms with Crippen LogP contribution in [-0.4, -0.2) is 31.1 Å². The Morgan fingerprint density at radius 2 is 2.21 bits per heavy atom. The van der Waals surface area contributed by atoms with Gasteiger partial charge in [-0.1, -0.05) is 6.07 Å². The maximum absolute atomic E-state index is 6.00. The largest absolute Gasteiger partial charge is 0.492 e. The third kappa shape index (κ3) is 3.48. The number of aromatic nitrogens is 5. The first kappa shape index (κ1) is 18.5. The molecule has 0 unspecified atom stereocenters. The smallest absolute Gasteiger partial charge is 0.177 e. The Hall–Kier alpha value is -2.83. The third-order valence-electron chi connectivity index (χ3n) is 4.07. The van der Waals surface area contributed by atoms with Gasteiger partial charge in [-0.15, -0.1) is 23.7 Å². The zero-order chi connectivity index (χ0) is 19.5. The van der Waals surface area contributed by atoms with Gasteiger partial charge in [0.25, 0.3) is 0 Å². The molecule has 3 heterocycles. The van der Waals surface area contributed by atoms with Crippen molar-refractivity contribution in [3.63, 3.8) is 0 Å². The Bertz CT molecular complexity index is 1180. The van der Waals surface area contributed by atoms with Gasteiger partial charge in [0.05, 0.1) is 16.8 Å². The lowest BCUT2D eigenvalue weighted by atomic mass is 10.3. The number of fused-ring (bicyclic) bond motifs is 2. The lowest BCUT2D eigenvalue weighted by molar-refractivity contribution is 0.345. The summed E-state index contributed by atoms with van der Waals surface area (Å²) in [6, 6.07) is 5.90. The number of ether oxygens (including phenoxy) is 1. The standard InChI is InChI=1S/C19H18N6OS2/c1-3-5-6-10-25-17-14(16(20)21-11-22-17)24-18(25)28-19-23-12-8-7-9-13(26-4-2)15(12)27-19/h1,7-9,11H,4-6,10H2,2H3,(H2,20,21,22). The van der Waals surface area contributed by atoms with Crippen molar-refractivity contribution in [2.75, 3.05) is 12.3 Å². The molecule has 9 heteroatoms. The minimum absolute atomic E-state index is 0.366. The number of unbranched alkanes of at least 4 members (excludes halogenated alkanes) is 1. The Kier molecular flexibility index (Phi) is 5.32. The average Bonchev–Trinajstić information content (AvgIpc) is 3.25. The first-order chi connectivity index (χ1) is 13.7. The number of anilines is 1. The van der Waals surface area contributed by atoms with E-state index in [2.05, 4.69) is 20.9 Å². The van der Waals surface area contributed by atoms with Crippen LogP contribution in [0.2, 0.25) is 0 Å². The zero-order valence-corrected chi connectivity index (χ0v) is 16.9. The van der Waals surface area contributed by atoms with Crippen LogP contribution in [0.3, 0.4) is 0 Å². The van der Waals surface area contributed by atoms with E-state index in [4.69, 9.17) is 21.9 Å². The second-order valence-electron chi connectivity index (χ2n) is 5.90. The maximum Gasteiger partial charge on any atom is 0.177 e. The molecule has 4 aromatic rings. The second-order valence-corrected chi connectivity index (χ2v) is 8.12. The molecule has 0 aliphatic carbocycles. The summed E-state index contributed by atoms with van der Waals surface area (Å²) in [6.45, 7) is 3.29. The van der Waals surface area contributed by atoms with Crippen LogP contribution >= 0.6 is 23.1 Å². The number of nitrogen functional groups attached to an aromatic ring is 1. The normalized spacial score (nSPS) is 11.1. The van der Waals surface area contributed by atoms with E-state index < -0.39 is 0 Å². The van der Waals surface area contributed by atoms with Crippen LogP contribution in [-0.2, 0) is 6.54 Å². The van der Waals surface area contributed by atoms with E-state index in [9.17, 15) is 0 Å². The molecule has 142 valence electrons. The number of imidazole rings is 1. The van der Waals surface area contributed by atoms with Gasteiger partial charge < -0.3 is 15.0 Å². The minimum Gasteiger partial charge on any atom is -0.492 e. The number of nitrogens with two attached hydrogens (primary N) is 1. The van der Waals surface area contributed by atoms with Crippen molar-refractivity contribution in [2.24, 2.45) is 0 Å². The molecule has 0 radical (unpaired) electrons. The molecule has 4 rings (SSSR count). The summed E-state index contributed by atoms with van der Waals surface area (Å²) in [5.74, 6) is 3.89. The Morgan fingerprint density at radius 3 is 3.04 bits per heavy atom. The number of hydrogen-bond acceptors (Lipinski definition) is 8. The van der Waals surface area contributed by atoms with E-state index in [1.165, 1.54) is 18.1 Å². The molecule has 0 spiro atoms. The van der Waals surface area contributed by atoms with Gasteiger partial charge in [0.1, 0.15) is 12.1 Å². The average molecular weight is 411 g/mol. The molecule has 3 aromatic heterocycles. The highest BCUT2D eigenvalue weighted by Crippen LogP contribution is 2.39.